The maximum Gasteiger partial charge on any atom is 0.0493 e. The van der Waals surface area contributed by atoms with E-state index in [1.54, 1.807) is 6.20 Å². The predicted octanol–water partition coefficient (Wildman–Crippen LogP) is 1.80. The van der Waals surface area contributed by atoms with Gasteiger partial charge in [-0.05, 0) is 45.6 Å². The van der Waals surface area contributed by atoms with Gasteiger partial charge in [-0.15, -0.1) is 6.07 Å². The Hall–Kier alpha value is -1.32. The molecule has 1 aromatic carbocycles. The molecule has 0 amide bonds. The number of benzene rings is 1. The Morgan fingerprint density at radius 2 is 1.89 bits per heavy atom. The fourth-order valence-electron chi connectivity index (χ4n) is 1.65. The summed E-state index contributed by atoms with van der Waals surface area (Å²) in [6.45, 7) is 0. The number of nitrogens with zero attached hydrogens (tertiary/aromatic N) is 4. The number of hydrogen-bond acceptors (Lipinski definition) is 3. The van der Waals surface area contributed by atoms with Gasteiger partial charge in [-0.3, -0.25) is 4.68 Å². The Morgan fingerprint density at radius 1 is 1.17 bits per heavy atom. The van der Waals surface area contributed by atoms with Gasteiger partial charge in [-0.25, -0.2) is 0 Å². The Balaban J connectivity index is 0.00000162. The molecule has 0 aliphatic rings. The third-order valence-electron chi connectivity index (χ3n) is 2.62. The Bertz CT molecular complexity index is 492. The first-order valence-corrected chi connectivity index (χ1v) is 5.50. The molecular formula is C13H17IrN4-. The van der Waals surface area contributed by atoms with Gasteiger partial charge < -0.3 is 9.80 Å². The minimum atomic E-state index is 0. The molecule has 0 spiro atoms. The molecule has 0 bridgehead atoms. The molecule has 18 heavy (non-hydrogen) atoms. The van der Waals surface area contributed by atoms with Gasteiger partial charge in [0.25, 0.3) is 0 Å². The smallest absolute Gasteiger partial charge is 0.0493 e. The van der Waals surface area contributed by atoms with E-state index in [1.165, 1.54) is 0 Å². The summed E-state index contributed by atoms with van der Waals surface area (Å²) in [5, 5.41) is 4.25. The number of hydrogen-bond donors (Lipinski definition) is 0. The monoisotopic (exact) mass is 422 g/mol. The molecular weight excluding hydrogens is 404 g/mol. The number of anilines is 2. The van der Waals surface area contributed by atoms with Gasteiger partial charge >= 0.3 is 0 Å². The van der Waals surface area contributed by atoms with Crippen LogP contribution < -0.4 is 9.80 Å². The van der Waals surface area contributed by atoms with Gasteiger partial charge in [0.2, 0.25) is 0 Å². The van der Waals surface area contributed by atoms with Crippen molar-refractivity contribution in [3.63, 3.8) is 0 Å². The van der Waals surface area contributed by atoms with E-state index in [0.717, 1.165) is 17.1 Å². The van der Waals surface area contributed by atoms with Gasteiger partial charge in [0, 0.05) is 32.5 Å². The molecule has 0 atom stereocenters. The normalized spacial score (nSPS) is 9.78. The van der Waals surface area contributed by atoms with Crippen LogP contribution in [0.5, 0.6) is 0 Å². The minimum absolute atomic E-state index is 0. The maximum absolute atomic E-state index is 4.25. The van der Waals surface area contributed by atoms with E-state index in [4.69, 9.17) is 0 Å². The average Bonchev–Trinajstić information content (AvgIpc) is 2.81. The summed E-state index contributed by atoms with van der Waals surface area (Å²) in [5.41, 5.74) is 3.19. The quantitative estimate of drug-likeness (QED) is 0.707. The molecule has 0 N–H and O–H groups in total. The molecule has 0 aliphatic carbocycles. The first-order chi connectivity index (χ1) is 8.09. The number of aromatic nitrogens is 2. The Morgan fingerprint density at radius 3 is 2.39 bits per heavy atom. The molecule has 0 saturated carbocycles. The van der Waals surface area contributed by atoms with Crippen molar-refractivity contribution in [2.24, 2.45) is 0 Å². The molecule has 99 valence electrons. The zero-order valence-electron chi connectivity index (χ0n) is 11.0. The largest absolute Gasteiger partial charge is 0.429 e. The van der Waals surface area contributed by atoms with Crippen LogP contribution in [-0.4, -0.2) is 38.0 Å². The SMILES string of the molecule is CN(C)c1c[c-]c(-n2cccn2)c(N(C)C)c1.[Ir]. The van der Waals surface area contributed by atoms with E-state index in [0.29, 0.717) is 0 Å². The fourth-order valence-corrected chi connectivity index (χ4v) is 1.65. The molecule has 1 heterocycles. The van der Waals surface area contributed by atoms with Crippen molar-refractivity contribution in [2.45, 2.75) is 0 Å². The van der Waals surface area contributed by atoms with Crippen molar-refractivity contribution in [2.75, 3.05) is 38.0 Å². The first kappa shape index (κ1) is 14.7. The fraction of sp³-hybridized carbons (Fsp3) is 0.308. The first-order valence-electron chi connectivity index (χ1n) is 5.50. The van der Waals surface area contributed by atoms with Gasteiger partial charge in [-0.2, -0.15) is 17.2 Å². The summed E-state index contributed by atoms with van der Waals surface area (Å²) in [5.74, 6) is 0. The molecule has 0 aliphatic heterocycles. The minimum Gasteiger partial charge on any atom is -0.429 e. The summed E-state index contributed by atoms with van der Waals surface area (Å²) >= 11 is 0. The van der Waals surface area contributed by atoms with Crippen LogP contribution in [-0.2, 0) is 20.1 Å². The van der Waals surface area contributed by atoms with Gasteiger partial charge in [0.15, 0.2) is 0 Å². The van der Waals surface area contributed by atoms with Crippen molar-refractivity contribution >= 4 is 11.4 Å². The van der Waals surface area contributed by atoms with Crippen LogP contribution in [0.1, 0.15) is 0 Å². The third-order valence-corrected chi connectivity index (χ3v) is 2.62. The standard InChI is InChI=1S/C13H17N4.Ir/c1-15(2)11-6-7-12(13(10-11)16(3)4)17-9-5-8-14-17;/h5-6,8-10H,1-4H3;/q-1;. The average molecular weight is 422 g/mol. The van der Waals surface area contributed by atoms with Crippen LogP contribution >= 0.6 is 0 Å². The van der Waals surface area contributed by atoms with Crippen LogP contribution in [0.15, 0.2) is 30.6 Å². The maximum atomic E-state index is 4.25. The van der Waals surface area contributed by atoms with E-state index in [-0.39, 0.29) is 20.1 Å². The van der Waals surface area contributed by atoms with Crippen LogP contribution in [0.4, 0.5) is 11.4 Å². The van der Waals surface area contributed by atoms with E-state index < -0.39 is 0 Å². The predicted molar refractivity (Wildman–Crippen MR) is 71.1 cm³/mol. The molecule has 5 heteroatoms. The van der Waals surface area contributed by atoms with Crippen LogP contribution in [0, 0.1) is 6.07 Å². The summed E-state index contributed by atoms with van der Waals surface area (Å²) in [7, 11) is 8.09. The van der Waals surface area contributed by atoms with E-state index in [2.05, 4.69) is 27.0 Å². The number of rotatable bonds is 3. The van der Waals surface area contributed by atoms with Crippen molar-refractivity contribution in [3.8, 4) is 5.69 Å². The third kappa shape index (κ3) is 2.92. The summed E-state index contributed by atoms with van der Waals surface area (Å²) < 4.78 is 1.83. The molecule has 2 rings (SSSR count). The molecule has 2 aromatic rings. The van der Waals surface area contributed by atoms with Gasteiger partial charge in [0.05, 0.1) is 0 Å². The second-order valence-electron chi connectivity index (χ2n) is 4.33. The molecule has 0 fully saturated rings. The molecule has 0 saturated heterocycles. The molecule has 1 aromatic heterocycles. The van der Waals surface area contributed by atoms with Crippen LogP contribution in [0.2, 0.25) is 0 Å². The second-order valence-corrected chi connectivity index (χ2v) is 4.33. The molecule has 4 nitrogen and oxygen atoms in total. The summed E-state index contributed by atoms with van der Waals surface area (Å²) in [6, 6.07) is 9.31. The van der Waals surface area contributed by atoms with E-state index in [1.807, 2.05) is 51.2 Å². The van der Waals surface area contributed by atoms with Crippen LogP contribution in [0.3, 0.4) is 0 Å². The van der Waals surface area contributed by atoms with Gasteiger partial charge in [-0.1, -0.05) is 5.69 Å². The van der Waals surface area contributed by atoms with E-state index in [9.17, 15) is 0 Å². The zero-order valence-corrected chi connectivity index (χ0v) is 13.4. The second kappa shape index (κ2) is 6.03. The van der Waals surface area contributed by atoms with Crippen LogP contribution in [0.25, 0.3) is 5.69 Å². The molecule has 1 radical (unpaired) electrons. The van der Waals surface area contributed by atoms with Crippen molar-refractivity contribution < 1.29 is 20.1 Å². The Labute approximate surface area is 122 Å². The van der Waals surface area contributed by atoms with E-state index >= 15 is 0 Å². The van der Waals surface area contributed by atoms with Crippen molar-refractivity contribution in [1.29, 1.82) is 0 Å². The van der Waals surface area contributed by atoms with Gasteiger partial charge in [0.1, 0.15) is 0 Å². The van der Waals surface area contributed by atoms with Crippen molar-refractivity contribution in [3.05, 3.63) is 36.7 Å². The Kier molecular flexibility index (Phi) is 4.93. The van der Waals surface area contributed by atoms with Crippen molar-refractivity contribution in [1.82, 2.24) is 9.78 Å². The summed E-state index contributed by atoms with van der Waals surface area (Å²) in [4.78, 5) is 4.14. The summed E-state index contributed by atoms with van der Waals surface area (Å²) in [6.07, 6.45) is 3.70. The topological polar surface area (TPSA) is 24.3 Å². The zero-order chi connectivity index (χ0) is 12.4. The molecule has 0 unspecified atom stereocenters.